The van der Waals surface area contributed by atoms with Crippen molar-refractivity contribution in [1.29, 1.82) is 0 Å². The van der Waals surface area contributed by atoms with Gasteiger partial charge in [0.2, 0.25) is 10.0 Å². The monoisotopic (exact) mass is 326 g/mol. The van der Waals surface area contributed by atoms with Crippen molar-refractivity contribution in [2.45, 2.75) is 19.8 Å². The summed E-state index contributed by atoms with van der Waals surface area (Å²) < 4.78 is 22.2. The summed E-state index contributed by atoms with van der Waals surface area (Å²) in [7, 11) is -3.48. The Kier molecular flexibility index (Phi) is 5.36. The highest BCUT2D eigenvalue weighted by Crippen LogP contribution is 2.17. The largest absolute Gasteiger partial charge is 0.338 e. The second kappa shape index (κ2) is 7.06. The van der Waals surface area contributed by atoms with Gasteiger partial charge in [0, 0.05) is 37.9 Å². The molecule has 1 aliphatic rings. The van der Waals surface area contributed by atoms with Crippen LogP contribution in [0, 0.1) is 12.8 Å². The molecule has 0 aliphatic carbocycles. The molecular formula is C14H22N4O3S. The van der Waals surface area contributed by atoms with E-state index in [0.717, 1.165) is 11.3 Å². The summed E-state index contributed by atoms with van der Waals surface area (Å²) in [6.07, 6.45) is 3.08. The lowest BCUT2D eigenvalue weighted by Crippen LogP contribution is -2.40. The number of aromatic nitrogens is 1. The predicted octanol–water partition coefficient (Wildman–Crippen LogP) is 0.253. The number of primary sulfonamides is 1. The van der Waals surface area contributed by atoms with E-state index >= 15 is 0 Å². The molecule has 0 spiro atoms. The number of urea groups is 1. The number of hydrogen-bond acceptors (Lipinski definition) is 4. The molecule has 3 N–H and O–H groups in total. The third kappa shape index (κ3) is 4.96. The molecule has 1 aromatic heterocycles. The normalized spacial score (nSPS) is 18.5. The van der Waals surface area contributed by atoms with E-state index in [1.165, 1.54) is 0 Å². The first-order chi connectivity index (χ1) is 10.3. The average molecular weight is 326 g/mol. The van der Waals surface area contributed by atoms with E-state index in [9.17, 15) is 13.2 Å². The van der Waals surface area contributed by atoms with Crippen LogP contribution in [0.5, 0.6) is 0 Å². The highest BCUT2D eigenvalue weighted by atomic mass is 32.2. The van der Waals surface area contributed by atoms with Crippen LogP contribution in [-0.2, 0) is 16.4 Å². The summed E-state index contributed by atoms with van der Waals surface area (Å²) >= 11 is 0. The van der Waals surface area contributed by atoms with Gasteiger partial charge in [-0.15, -0.1) is 0 Å². The van der Waals surface area contributed by atoms with Crippen LogP contribution in [0.1, 0.15) is 17.7 Å². The number of carbonyl (C=O) groups excluding carboxylic acids is 1. The maximum Gasteiger partial charge on any atom is 0.317 e. The quantitative estimate of drug-likeness (QED) is 0.809. The van der Waals surface area contributed by atoms with E-state index in [-0.39, 0.29) is 17.7 Å². The van der Waals surface area contributed by atoms with E-state index in [4.69, 9.17) is 5.14 Å². The number of aryl methyl sites for hydroxylation is 1. The Hall–Kier alpha value is -1.67. The van der Waals surface area contributed by atoms with Gasteiger partial charge >= 0.3 is 6.03 Å². The number of pyridine rings is 1. The Bertz CT molecular complexity index is 633. The van der Waals surface area contributed by atoms with Crippen LogP contribution in [0.3, 0.4) is 0 Å². The number of likely N-dealkylation sites (tertiary alicyclic amines) is 1. The minimum absolute atomic E-state index is 0.0656. The first-order valence-corrected chi connectivity index (χ1v) is 9.00. The lowest BCUT2D eigenvalue weighted by atomic mass is 10.2. The maximum atomic E-state index is 12.0. The van der Waals surface area contributed by atoms with Crippen molar-refractivity contribution < 1.29 is 13.2 Å². The van der Waals surface area contributed by atoms with Gasteiger partial charge in [-0.1, -0.05) is 6.07 Å². The van der Waals surface area contributed by atoms with Crippen LogP contribution in [0.15, 0.2) is 18.3 Å². The smallest absolute Gasteiger partial charge is 0.317 e. The number of nitrogens with zero attached hydrogens (tertiary/aromatic N) is 2. The van der Waals surface area contributed by atoms with Gasteiger partial charge in [-0.3, -0.25) is 4.98 Å². The van der Waals surface area contributed by atoms with Crippen molar-refractivity contribution in [2.75, 3.05) is 25.4 Å². The van der Waals surface area contributed by atoms with Gasteiger partial charge in [0.15, 0.2) is 0 Å². The van der Waals surface area contributed by atoms with Crippen molar-refractivity contribution in [3.63, 3.8) is 0 Å². The highest BCUT2D eigenvalue weighted by Gasteiger charge is 2.28. The van der Waals surface area contributed by atoms with E-state index in [1.807, 2.05) is 19.1 Å². The Morgan fingerprint density at radius 3 is 3.00 bits per heavy atom. The van der Waals surface area contributed by atoms with Crippen LogP contribution in [0.2, 0.25) is 0 Å². The number of rotatable bonds is 5. The van der Waals surface area contributed by atoms with Crippen molar-refractivity contribution in [1.82, 2.24) is 15.2 Å². The fourth-order valence-corrected chi connectivity index (χ4v) is 3.59. The Morgan fingerprint density at radius 1 is 1.55 bits per heavy atom. The van der Waals surface area contributed by atoms with Gasteiger partial charge < -0.3 is 10.2 Å². The second-order valence-electron chi connectivity index (χ2n) is 5.68. The number of sulfonamides is 1. The molecule has 1 aromatic rings. The molecule has 0 radical (unpaired) electrons. The zero-order chi connectivity index (χ0) is 16.2. The number of amides is 2. The molecule has 2 amide bonds. The summed E-state index contributed by atoms with van der Waals surface area (Å²) in [6, 6.07) is 3.71. The molecule has 1 atom stereocenters. The summed E-state index contributed by atoms with van der Waals surface area (Å²) in [4.78, 5) is 18.0. The highest BCUT2D eigenvalue weighted by molar-refractivity contribution is 7.89. The van der Waals surface area contributed by atoms with E-state index in [0.29, 0.717) is 32.5 Å². The lowest BCUT2D eigenvalue weighted by molar-refractivity contribution is 0.207. The molecular weight excluding hydrogens is 304 g/mol. The summed E-state index contributed by atoms with van der Waals surface area (Å²) in [5.74, 6) is -0.136. The molecule has 1 unspecified atom stereocenters. The molecule has 0 saturated carbocycles. The van der Waals surface area contributed by atoms with Crippen molar-refractivity contribution >= 4 is 16.1 Å². The minimum atomic E-state index is -3.48. The number of carbonyl (C=O) groups is 1. The van der Waals surface area contributed by atoms with E-state index in [2.05, 4.69) is 10.3 Å². The van der Waals surface area contributed by atoms with Crippen molar-refractivity contribution in [2.24, 2.45) is 11.1 Å². The molecule has 1 saturated heterocycles. The van der Waals surface area contributed by atoms with Gasteiger partial charge in [-0.2, -0.15) is 0 Å². The van der Waals surface area contributed by atoms with Crippen molar-refractivity contribution in [3.05, 3.63) is 29.6 Å². The predicted molar refractivity (Wildman–Crippen MR) is 83.7 cm³/mol. The lowest BCUT2D eigenvalue weighted by Gasteiger charge is -2.17. The molecule has 22 heavy (non-hydrogen) atoms. The van der Waals surface area contributed by atoms with Gasteiger partial charge in [-0.05, 0) is 30.9 Å². The minimum Gasteiger partial charge on any atom is -0.338 e. The second-order valence-corrected chi connectivity index (χ2v) is 7.34. The molecule has 0 aromatic carbocycles. The third-order valence-electron chi connectivity index (χ3n) is 3.80. The SMILES string of the molecule is Cc1cccnc1CCNC(=O)N1CCC(CS(N)(=O)=O)C1. The van der Waals surface area contributed by atoms with E-state index in [1.54, 1.807) is 11.1 Å². The number of nitrogens with two attached hydrogens (primary N) is 1. The molecule has 8 heteroatoms. The number of hydrogen-bond donors (Lipinski definition) is 2. The topological polar surface area (TPSA) is 105 Å². The Morgan fingerprint density at radius 2 is 2.32 bits per heavy atom. The Labute approximate surface area is 131 Å². The van der Waals surface area contributed by atoms with Gasteiger partial charge in [0.05, 0.1) is 5.75 Å². The summed E-state index contributed by atoms with van der Waals surface area (Å²) in [5, 5.41) is 7.89. The molecule has 1 fully saturated rings. The summed E-state index contributed by atoms with van der Waals surface area (Å²) in [6.45, 7) is 3.50. The Balaban J connectivity index is 1.76. The fraction of sp³-hybridized carbons (Fsp3) is 0.571. The van der Waals surface area contributed by atoms with E-state index < -0.39 is 10.0 Å². The van der Waals surface area contributed by atoms with Gasteiger partial charge in [0.25, 0.3) is 0 Å². The zero-order valence-electron chi connectivity index (χ0n) is 12.7. The first kappa shape index (κ1) is 16.7. The third-order valence-corrected chi connectivity index (χ3v) is 4.73. The zero-order valence-corrected chi connectivity index (χ0v) is 13.5. The van der Waals surface area contributed by atoms with Crippen LogP contribution in [0.4, 0.5) is 4.79 Å². The number of nitrogens with one attached hydrogen (secondary N) is 1. The molecule has 0 bridgehead atoms. The van der Waals surface area contributed by atoms with Crippen LogP contribution >= 0.6 is 0 Å². The van der Waals surface area contributed by atoms with Crippen LogP contribution in [0.25, 0.3) is 0 Å². The molecule has 1 aliphatic heterocycles. The first-order valence-electron chi connectivity index (χ1n) is 7.29. The standard InChI is InChI=1S/C14H22N4O3S/c1-11-3-2-6-16-13(11)4-7-17-14(19)18-8-5-12(9-18)10-22(15,20)21/h2-3,6,12H,4-5,7-10H2,1H3,(H,17,19)(H2,15,20,21). The van der Waals surface area contributed by atoms with Crippen molar-refractivity contribution in [3.8, 4) is 0 Å². The van der Waals surface area contributed by atoms with Gasteiger partial charge in [0.1, 0.15) is 0 Å². The molecule has 122 valence electrons. The molecule has 2 rings (SSSR count). The van der Waals surface area contributed by atoms with Gasteiger partial charge in [-0.25, -0.2) is 18.4 Å². The summed E-state index contributed by atoms with van der Waals surface area (Å²) in [5.41, 5.74) is 2.07. The van der Waals surface area contributed by atoms with Crippen LogP contribution in [-0.4, -0.2) is 49.7 Å². The molecule has 7 nitrogen and oxygen atoms in total. The molecule has 2 heterocycles. The van der Waals surface area contributed by atoms with Crippen LogP contribution < -0.4 is 10.5 Å². The average Bonchev–Trinajstić information content (AvgIpc) is 2.87. The fourth-order valence-electron chi connectivity index (χ4n) is 2.66. The maximum absolute atomic E-state index is 12.0.